The standard InChI is InChI=1S/C13H7BrF4N2O/c14-11-3-1-2-10(20-11)12(21)19-7-4-5-9(15)8(6-7)13(16,17)18/h1-6H,(H,19,21). The molecule has 1 heterocycles. The number of aromatic nitrogens is 1. The van der Waals surface area contributed by atoms with Crippen molar-refractivity contribution in [2.24, 2.45) is 0 Å². The van der Waals surface area contributed by atoms with Gasteiger partial charge in [0.15, 0.2) is 0 Å². The molecule has 0 fully saturated rings. The number of carbonyl (C=O) groups is 1. The van der Waals surface area contributed by atoms with Crippen molar-refractivity contribution in [1.82, 2.24) is 4.98 Å². The maximum Gasteiger partial charge on any atom is 0.419 e. The summed E-state index contributed by atoms with van der Waals surface area (Å²) in [6.45, 7) is 0. The van der Waals surface area contributed by atoms with Crippen molar-refractivity contribution in [1.29, 1.82) is 0 Å². The number of nitrogens with zero attached hydrogens (tertiary/aromatic N) is 1. The van der Waals surface area contributed by atoms with Crippen LogP contribution in [0.5, 0.6) is 0 Å². The number of hydrogen-bond acceptors (Lipinski definition) is 2. The maximum absolute atomic E-state index is 13.1. The number of carbonyl (C=O) groups excluding carboxylic acids is 1. The highest BCUT2D eigenvalue weighted by molar-refractivity contribution is 9.10. The van der Waals surface area contributed by atoms with E-state index in [0.717, 1.165) is 6.07 Å². The first kappa shape index (κ1) is 15.4. The highest BCUT2D eigenvalue weighted by Crippen LogP contribution is 2.33. The molecule has 8 heteroatoms. The molecule has 0 atom stereocenters. The Morgan fingerprint density at radius 2 is 1.90 bits per heavy atom. The third kappa shape index (κ3) is 3.78. The first-order chi connectivity index (χ1) is 9.77. The lowest BCUT2D eigenvalue weighted by atomic mass is 10.1. The number of benzene rings is 1. The summed E-state index contributed by atoms with van der Waals surface area (Å²) in [6.07, 6.45) is -4.83. The summed E-state index contributed by atoms with van der Waals surface area (Å²) in [5.74, 6) is -2.10. The number of halogens is 5. The maximum atomic E-state index is 13.1. The summed E-state index contributed by atoms with van der Waals surface area (Å²) < 4.78 is 51.2. The molecule has 2 aromatic rings. The lowest BCUT2D eigenvalue weighted by Gasteiger charge is -2.11. The van der Waals surface area contributed by atoms with Crippen molar-refractivity contribution < 1.29 is 22.4 Å². The predicted molar refractivity (Wildman–Crippen MR) is 71.3 cm³/mol. The van der Waals surface area contributed by atoms with Gasteiger partial charge in [0.05, 0.1) is 5.56 Å². The quantitative estimate of drug-likeness (QED) is 0.640. The van der Waals surface area contributed by atoms with Crippen LogP contribution >= 0.6 is 15.9 Å². The van der Waals surface area contributed by atoms with Gasteiger partial charge in [0.1, 0.15) is 16.1 Å². The Kier molecular flexibility index (Phi) is 4.26. The van der Waals surface area contributed by atoms with Gasteiger partial charge >= 0.3 is 6.18 Å². The topological polar surface area (TPSA) is 42.0 Å². The largest absolute Gasteiger partial charge is 0.419 e. The van der Waals surface area contributed by atoms with E-state index in [4.69, 9.17) is 0 Å². The number of nitrogens with one attached hydrogen (secondary N) is 1. The first-order valence-electron chi connectivity index (χ1n) is 5.58. The summed E-state index contributed by atoms with van der Waals surface area (Å²) in [5.41, 5.74) is -1.60. The monoisotopic (exact) mass is 362 g/mol. The first-order valence-corrected chi connectivity index (χ1v) is 6.37. The van der Waals surface area contributed by atoms with Gasteiger partial charge < -0.3 is 5.32 Å². The van der Waals surface area contributed by atoms with E-state index in [9.17, 15) is 22.4 Å². The fraction of sp³-hybridized carbons (Fsp3) is 0.0769. The van der Waals surface area contributed by atoms with Gasteiger partial charge in [-0.1, -0.05) is 6.07 Å². The van der Waals surface area contributed by atoms with Crippen molar-refractivity contribution in [3.05, 3.63) is 58.1 Å². The smallest absolute Gasteiger partial charge is 0.321 e. The minimum absolute atomic E-state index is 0.0160. The van der Waals surface area contributed by atoms with E-state index in [1.54, 1.807) is 12.1 Å². The van der Waals surface area contributed by atoms with Crippen LogP contribution in [-0.2, 0) is 6.18 Å². The second-order valence-corrected chi connectivity index (χ2v) is 4.80. The summed E-state index contributed by atoms with van der Waals surface area (Å²) in [6, 6.07) is 6.76. The normalized spacial score (nSPS) is 11.3. The van der Waals surface area contributed by atoms with Crippen molar-refractivity contribution in [3.63, 3.8) is 0 Å². The van der Waals surface area contributed by atoms with Gasteiger partial charge in [-0.3, -0.25) is 4.79 Å². The fourth-order valence-corrected chi connectivity index (χ4v) is 1.89. The molecule has 0 unspecified atom stereocenters. The van der Waals surface area contributed by atoms with Gasteiger partial charge in [-0.05, 0) is 46.3 Å². The predicted octanol–water partition coefficient (Wildman–Crippen LogP) is 4.25. The number of hydrogen-bond donors (Lipinski definition) is 1. The molecular formula is C13H7BrF4N2O. The minimum atomic E-state index is -4.83. The van der Waals surface area contributed by atoms with Crippen molar-refractivity contribution in [2.75, 3.05) is 5.32 Å². The van der Waals surface area contributed by atoms with Crippen LogP contribution in [-0.4, -0.2) is 10.9 Å². The van der Waals surface area contributed by atoms with Gasteiger partial charge in [-0.15, -0.1) is 0 Å². The zero-order valence-corrected chi connectivity index (χ0v) is 11.8. The second kappa shape index (κ2) is 5.80. The average Bonchev–Trinajstić information content (AvgIpc) is 2.39. The second-order valence-electron chi connectivity index (χ2n) is 3.99. The molecule has 110 valence electrons. The number of alkyl halides is 3. The Hall–Kier alpha value is -1.96. The van der Waals surface area contributed by atoms with Crippen molar-refractivity contribution in [3.8, 4) is 0 Å². The highest BCUT2D eigenvalue weighted by Gasteiger charge is 2.34. The molecule has 0 aliphatic heterocycles. The van der Waals surface area contributed by atoms with Crippen molar-refractivity contribution in [2.45, 2.75) is 6.18 Å². The van der Waals surface area contributed by atoms with Gasteiger partial charge in [0.25, 0.3) is 5.91 Å². The zero-order chi connectivity index (χ0) is 15.6. The number of amides is 1. The third-order valence-electron chi connectivity index (χ3n) is 2.48. The highest BCUT2D eigenvalue weighted by atomic mass is 79.9. The molecule has 1 N–H and O–H groups in total. The van der Waals surface area contributed by atoms with Gasteiger partial charge in [0.2, 0.25) is 0 Å². The minimum Gasteiger partial charge on any atom is -0.321 e. The summed E-state index contributed by atoms with van der Waals surface area (Å²) in [4.78, 5) is 15.7. The Morgan fingerprint density at radius 1 is 1.19 bits per heavy atom. The van der Waals surface area contributed by atoms with Crippen LogP contribution in [0.15, 0.2) is 41.0 Å². The molecule has 2 rings (SSSR count). The Bertz CT molecular complexity index is 688. The zero-order valence-electron chi connectivity index (χ0n) is 10.2. The van der Waals surface area contributed by atoms with Crippen LogP contribution in [0.2, 0.25) is 0 Å². The molecule has 0 aliphatic carbocycles. The van der Waals surface area contributed by atoms with Crippen LogP contribution in [0.4, 0.5) is 23.2 Å². The average molecular weight is 363 g/mol. The number of rotatable bonds is 2. The van der Waals surface area contributed by atoms with E-state index in [2.05, 4.69) is 26.2 Å². The summed E-state index contributed by atoms with van der Waals surface area (Å²) in [7, 11) is 0. The van der Waals surface area contributed by atoms with E-state index < -0.39 is 23.5 Å². The SMILES string of the molecule is O=C(Nc1ccc(F)c(C(F)(F)F)c1)c1cccc(Br)n1. The van der Waals surface area contributed by atoms with E-state index in [0.29, 0.717) is 16.7 Å². The molecule has 0 saturated heterocycles. The molecular weight excluding hydrogens is 356 g/mol. The summed E-state index contributed by atoms with van der Waals surface area (Å²) in [5, 5.41) is 2.24. The van der Waals surface area contributed by atoms with Crippen LogP contribution in [0.3, 0.4) is 0 Å². The Morgan fingerprint density at radius 3 is 2.52 bits per heavy atom. The van der Waals surface area contributed by atoms with Crippen LogP contribution in [0, 0.1) is 5.82 Å². The van der Waals surface area contributed by atoms with Gasteiger partial charge in [0, 0.05) is 5.69 Å². The molecule has 0 radical (unpaired) electrons. The number of pyridine rings is 1. The molecule has 0 spiro atoms. The molecule has 1 aromatic heterocycles. The molecule has 1 amide bonds. The van der Waals surface area contributed by atoms with E-state index in [1.807, 2.05) is 0 Å². The lowest BCUT2D eigenvalue weighted by molar-refractivity contribution is -0.139. The lowest BCUT2D eigenvalue weighted by Crippen LogP contribution is -2.15. The molecule has 21 heavy (non-hydrogen) atoms. The van der Waals surface area contributed by atoms with E-state index in [-0.39, 0.29) is 11.4 Å². The van der Waals surface area contributed by atoms with Crippen LogP contribution < -0.4 is 5.32 Å². The molecule has 0 bridgehead atoms. The molecule has 0 aliphatic rings. The van der Waals surface area contributed by atoms with Gasteiger partial charge in [-0.25, -0.2) is 9.37 Å². The summed E-state index contributed by atoms with van der Waals surface area (Å²) >= 11 is 3.07. The molecule has 1 aromatic carbocycles. The van der Waals surface area contributed by atoms with E-state index >= 15 is 0 Å². The molecule has 3 nitrogen and oxygen atoms in total. The third-order valence-corrected chi connectivity index (χ3v) is 2.92. The fourth-order valence-electron chi connectivity index (χ4n) is 1.55. The van der Waals surface area contributed by atoms with Gasteiger partial charge in [-0.2, -0.15) is 13.2 Å². The number of anilines is 1. The molecule has 0 saturated carbocycles. The Balaban J connectivity index is 2.26. The van der Waals surface area contributed by atoms with Crippen LogP contribution in [0.1, 0.15) is 16.1 Å². The van der Waals surface area contributed by atoms with Crippen molar-refractivity contribution >= 4 is 27.5 Å². The van der Waals surface area contributed by atoms with Crippen LogP contribution in [0.25, 0.3) is 0 Å². The Labute approximate surface area is 125 Å². The van der Waals surface area contributed by atoms with E-state index in [1.165, 1.54) is 6.07 Å².